The summed E-state index contributed by atoms with van der Waals surface area (Å²) in [6.45, 7) is 6.31. The van der Waals surface area contributed by atoms with Crippen molar-refractivity contribution in [2.45, 2.75) is 25.7 Å². The van der Waals surface area contributed by atoms with Crippen LogP contribution < -0.4 is 5.43 Å². The van der Waals surface area contributed by atoms with Crippen molar-refractivity contribution in [2.24, 2.45) is 5.10 Å². The molecule has 0 saturated carbocycles. The summed E-state index contributed by atoms with van der Waals surface area (Å²) in [5.74, 6) is 0.460. The van der Waals surface area contributed by atoms with E-state index in [0.717, 1.165) is 17.0 Å². The third-order valence-corrected chi connectivity index (χ3v) is 6.42. The van der Waals surface area contributed by atoms with Crippen LogP contribution in [0, 0.1) is 0 Å². The van der Waals surface area contributed by atoms with Gasteiger partial charge in [0.05, 0.1) is 11.4 Å². The van der Waals surface area contributed by atoms with Gasteiger partial charge in [-0.25, -0.2) is 23.1 Å². The predicted octanol–water partition coefficient (Wildman–Crippen LogP) is 2.53. The second-order valence-electron chi connectivity index (χ2n) is 6.16. The van der Waals surface area contributed by atoms with Crippen LogP contribution in [0.15, 0.2) is 65.2 Å². The number of anilines is 1. The predicted molar refractivity (Wildman–Crippen MR) is 112 cm³/mol. The number of pyridine rings is 1. The Bertz CT molecular complexity index is 1060. The van der Waals surface area contributed by atoms with Crippen molar-refractivity contribution < 1.29 is 8.42 Å². The van der Waals surface area contributed by atoms with E-state index in [9.17, 15) is 8.42 Å². The summed E-state index contributed by atoms with van der Waals surface area (Å²) in [6, 6.07) is 10.8. The molecule has 0 aliphatic rings. The highest BCUT2D eigenvalue weighted by Gasteiger charge is 2.21. The SMILES string of the molecule is CCN(CC)S(=O)(=O)c1ccc(N/N=C(\C)c2ccc(-n3cncn3)cc2)nc1. The topological polar surface area (TPSA) is 105 Å². The summed E-state index contributed by atoms with van der Waals surface area (Å²) in [5, 5.41) is 8.42. The Hall–Kier alpha value is -3.11. The van der Waals surface area contributed by atoms with Crippen molar-refractivity contribution in [3.05, 3.63) is 60.8 Å². The number of hydrazone groups is 1. The number of hydrogen-bond donors (Lipinski definition) is 1. The quantitative estimate of drug-likeness (QED) is 0.449. The summed E-state index contributed by atoms with van der Waals surface area (Å²) >= 11 is 0. The molecular weight excluding hydrogens is 390 g/mol. The number of hydrogen-bond acceptors (Lipinski definition) is 7. The summed E-state index contributed by atoms with van der Waals surface area (Å²) in [4.78, 5) is 8.26. The Labute approximate surface area is 170 Å². The molecule has 0 unspecified atom stereocenters. The average molecular weight is 414 g/mol. The second-order valence-corrected chi connectivity index (χ2v) is 8.10. The largest absolute Gasteiger partial charge is 0.261 e. The van der Waals surface area contributed by atoms with Gasteiger partial charge in [-0.2, -0.15) is 14.5 Å². The van der Waals surface area contributed by atoms with Gasteiger partial charge in [0.15, 0.2) is 0 Å². The minimum atomic E-state index is -3.52. The van der Waals surface area contributed by atoms with Crippen molar-refractivity contribution in [2.75, 3.05) is 18.5 Å². The molecule has 2 aromatic heterocycles. The Balaban J connectivity index is 1.69. The van der Waals surface area contributed by atoms with E-state index in [1.165, 1.54) is 22.9 Å². The lowest BCUT2D eigenvalue weighted by molar-refractivity contribution is 0.445. The molecule has 0 fully saturated rings. The van der Waals surface area contributed by atoms with E-state index in [1.807, 2.05) is 31.2 Å². The molecule has 1 N–H and O–H groups in total. The smallest absolute Gasteiger partial charge is 0.244 e. The summed E-state index contributed by atoms with van der Waals surface area (Å²) in [6.07, 6.45) is 4.46. The third kappa shape index (κ3) is 4.66. The first-order chi connectivity index (χ1) is 14.0. The lowest BCUT2D eigenvalue weighted by atomic mass is 10.1. The average Bonchev–Trinajstić information content (AvgIpc) is 3.28. The standard InChI is InChI=1S/C19H23N7O2S/c1-4-25(5-2)29(27,28)18-10-11-19(21-12-18)24-23-15(3)16-6-8-17(9-7-16)26-14-20-13-22-26/h6-14H,4-5H2,1-3H3,(H,21,24)/b23-15+. The van der Waals surface area contributed by atoms with Crippen LogP contribution in [0.3, 0.4) is 0 Å². The van der Waals surface area contributed by atoms with Crippen molar-refractivity contribution in [3.8, 4) is 5.69 Å². The lowest BCUT2D eigenvalue weighted by Crippen LogP contribution is -2.30. The van der Waals surface area contributed by atoms with Gasteiger partial charge >= 0.3 is 0 Å². The van der Waals surface area contributed by atoms with Gasteiger partial charge in [0.1, 0.15) is 23.4 Å². The van der Waals surface area contributed by atoms with E-state index in [0.29, 0.717) is 18.9 Å². The van der Waals surface area contributed by atoms with Gasteiger partial charge in [-0.3, -0.25) is 5.43 Å². The number of benzene rings is 1. The first-order valence-electron chi connectivity index (χ1n) is 9.17. The van der Waals surface area contributed by atoms with Gasteiger partial charge in [-0.05, 0) is 36.8 Å². The highest BCUT2D eigenvalue weighted by Crippen LogP contribution is 2.16. The van der Waals surface area contributed by atoms with Crippen LogP contribution in [-0.4, -0.2) is 51.3 Å². The fraction of sp³-hybridized carbons (Fsp3) is 0.263. The Morgan fingerprint density at radius 1 is 1.14 bits per heavy atom. The summed E-state index contributed by atoms with van der Waals surface area (Å²) in [5.41, 5.74) is 5.46. The fourth-order valence-corrected chi connectivity index (χ4v) is 4.12. The zero-order chi connectivity index (χ0) is 20.9. The van der Waals surface area contributed by atoms with E-state index in [4.69, 9.17) is 0 Å². The number of aromatic nitrogens is 4. The van der Waals surface area contributed by atoms with E-state index in [-0.39, 0.29) is 4.90 Å². The molecule has 0 radical (unpaired) electrons. The highest BCUT2D eigenvalue weighted by molar-refractivity contribution is 7.89. The number of nitrogens with one attached hydrogen (secondary N) is 1. The van der Waals surface area contributed by atoms with Gasteiger partial charge in [0.25, 0.3) is 0 Å². The van der Waals surface area contributed by atoms with Crippen LogP contribution in [0.25, 0.3) is 5.69 Å². The van der Waals surface area contributed by atoms with Crippen molar-refractivity contribution in [3.63, 3.8) is 0 Å². The molecule has 0 saturated heterocycles. The molecule has 0 spiro atoms. The van der Waals surface area contributed by atoms with Gasteiger partial charge in [0.2, 0.25) is 10.0 Å². The van der Waals surface area contributed by atoms with E-state index in [1.54, 1.807) is 30.9 Å². The normalized spacial score (nSPS) is 12.3. The monoisotopic (exact) mass is 413 g/mol. The van der Waals surface area contributed by atoms with Crippen molar-refractivity contribution >= 4 is 21.6 Å². The molecule has 3 aromatic rings. The van der Waals surface area contributed by atoms with Crippen LogP contribution in [0.2, 0.25) is 0 Å². The maximum Gasteiger partial charge on any atom is 0.244 e. The second kappa shape index (κ2) is 8.93. The molecule has 10 heteroatoms. The first kappa shape index (κ1) is 20.6. The molecule has 29 heavy (non-hydrogen) atoms. The molecule has 3 rings (SSSR count). The zero-order valence-electron chi connectivity index (χ0n) is 16.5. The van der Waals surface area contributed by atoms with Crippen LogP contribution in [0.5, 0.6) is 0 Å². The van der Waals surface area contributed by atoms with Crippen molar-refractivity contribution in [1.29, 1.82) is 0 Å². The van der Waals surface area contributed by atoms with Crippen molar-refractivity contribution in [1.82, 2.24) is 24.1 Å². The van der Waals surface area contributed by atoms with Gasteiger partial charge in [-0.1, -0.05) is 26.0 Å². The summed E-state index contributed by atoms with van der Waals surface area (Å²) in [7, 11) is -3.52. The van der Waals surface area contributed by atoms with Crippen LogP contribution >= 0.6 is 0 Å². The van der Waals surface area contributed by atoms with Crippen LogP contribution in [0.4, 0.5) is 5.82 Å². The first-order valence-corrected chi connectivity index (χ1v) is 10.6. The molecule has 0 aliphatic heterocycles. The molecular formula is C19H23N7O2S. The van der Waals surface area contributed by atoms with E-state index >= 15 is 0 Å². The Kier molecular flexibility index (Phi) is 6.35. The molecule has 2 heterocycles. The third-order valence-electron chi connectivity index (χ3n) is 4.39. The minimum Gasteiger partial charge on any atom is -0.261 e. The van der Waals surface area contributed by atoms with Crippen LogP contribution in [-0.2, 0) is 10.0 Å². The molecule has 0 amide bonds. The molecule has 9 nitrogen and oxygen atoms in total. The molecule has 1 aromatic carbocycles. The zero-order valence-corrected chi connectivity index (χ0v) is 17.3. The number of sulfonamides is 1. The highest BCUT2D eigenvalue weighted by atomic mass is 32.2. The van der Waals surface area contributed by atoms with E-state index < -0.39 is 10.0 Å². The van der Waals surface area contributed by atoms with Gasteiger partial charge < -0.3 is 0 Å². The lowest BCUT2D eigenvalue weighted by Gasteiger charge is -2.18. The molecule has 0 atom stereocenters. The number of nitrogens with zero attached hydrogens (tertiary/aromatic N) is 6. The van der Waals surface area contributed by atoms with Gasteiger partial charge in [0, 0.05) is 19.3 Å². The maximum atomic E-state index is 12.5. The molecule has 0 bridgehead atoms. The minimum absolute atomic E-state index is 0.163. The number of rotatable bonds is 8. The van der Waals surface area contributed by atoms with Gasteiger partial charge in [-0.15, -0.1) is 0 Å². The summed E-state index contributed by atoms with van der Waals surface area (Å²) < 4.78 is 28.1. The van der Waals surface area contributed by atoms with E-state index in [2.05, 4.69) is 25.6 Å². The fourth-order valence-electron chi connectivity index (χ4n) is 2.71. The molecule has 152 valence electrons. The van der Waals surface area contributed by atoms with Crippen LogP contribution in [0.1, 0.15) is 26.3 Å². The Morgan fingerprint density at radius 2 is 1.86 bits per heavy atom. The Morgan fingerprint density at radius 3 is 2.41 bits per heavy atom. The maximum absolute atomic E-state index is 12.5. The molecule has 0 aliphatic carbocycles.